The summed E-state index contributed by atoms with van der Waals surface area (Å²) in [4.78, 5) is 1.84. The molecule has 1 unspecified atom stereocenters. The molecular weight excluding hydrogens is 386 g/mol. The zero-order chi connectivity index (χ0) is 13.4. The van der Waals surface area contributed by atoms with E-state index in [1.165, 1.54) is 10.9 Å². The van der Waals surface area contributed by atoms with Crippen LogP contribution in [0.25, 0.3) is 0 Å². The summed E-state index contributed by atoms with van der Waals surface area (Å²) < 4.78 is 27.5. The van der Waals surface area contributed by atoms with Gasteiger partial charge < -0.3 is 0 Å². The van der Waals surface area contributed by atoms with E-state index in [0.29, 0.717) is 5.56 Å². The zero-order valence-electron chi connectivity index (χ0n) is 9.73. The Kier molecular flexibility index (Phi) is 4.24. The van der Waals surface area contributed by atoms with Crippen LogP contribution in [0.1, 0.15) is 25.7 Å². The zero-order valence-corrected chi connectivity index (χ0v) is 13.7. The molecule has 0 spiro atoms. The summed E-state index contributed by atoms with van der Waals surface area (Å²) in [6.45, 7) is 4.02. The van der Waals surface area contributed by atoms with Crippen LogP contribution in [-0.2, 0) is 0 Å². The molecule has 0 amide bonds. The molecule has 2 rings (SSSR count). The van der Waals surface area contributed by atoms with Crippen molar-refractivity contribution < 1.29 is 8.78 Å². The summed E-state index contributed by atoms with van der Waals surface area (Å²) in [6, 6.07) is 4.38. The molecule has 0 bridgehead atoms. The molecule has 18 heavy (non-hydrogen) atoms. The summed E-state index contributed by atoms with van der Waals surface area (Å²) in [5, 5.41) is 0. The largest absolute Gasteiger partial charge is 0.207 e. The van der Waals surface area contributed by atoms with E-state index in [1.807, 2.05) is 19.9 Å². The maximum atomic E-state index is 13.9. The van der Waals surface area contributed by atoms with Crippen molar-refractivity contribution >= 4 is 43.2 Å². The van der Waals surface area contributed by atoms with Crippen molar-refractivity contribution in [3.8, 4) is 0 Å². The molecule has 0 saturated heterocycles. The monoisotopic (exact) mass is 394 g/mol. The lowest BCUT2D eigenvalue weighted by Crippen LogP contribution is -1.96. The van der Waals surface area contributed by atoms with Gasteiger partial charge in [0.2, 0.25) is 0 Å². The molecule has 5 heteroatoms. The van der Waals surface area contributed by atoms with E-state index < -0.39 is 11.6 Å². The molecule has 0 nitrogen and oxygen atoms in total. The van der Waals surface area contributed by atoms with E-state index in [-0.39, 0.29) is 9.30 Å². The number of alkyl halides is 1. The molecule has 96 valence electrons. The number of hydrogen-bond donors (Lipinski definition) is 0. The molecule has 1 atom stereocenters. The van der Waals surface area contributed by atoms with Gasteiger partial charge in [-0.2, -0.15) is 0 Å². The first kappa shape index (κ1) is 14.2. The maximum Gasteiger partial charge on any atom is 0.137 e. The van der Waals surface area contributed by atoms with E-state index in [2.05, 4.69) is 31.9 Å². The lowest BCUT2D eigenvalue weighted by molar-refractivity contribution is 0.583. The highest BCUT2D eigenvalue weighted by atomic mass is 79.9. The van der Waals surface area contributed by atoms with Gasteiger partial charge in [-0.25, -0.2) is 8.78 Å². The van der Waals surface area contributed by atoms with Crippen LogP contribution in [0.3, 0.4) is 0 Å². The lowest BCUT2D eigenvalue weighted by atomic mass is 10.1. The Morgan fingerprint density at radius 3 is 2.33 bits per heavy atom. The fourth-order valence-electron chi connectivity index (χ4n) is 1.61. The fourth-order valence-corrected chi connectivity index (χ4v) is 3.73. The Labute approximate surface area is 125 Å². The normalized spacial score (nSPS) is 12.8. The highest BCUT2D eigenvalue weighted by Gasteiger charge is 2.19. The first-order chi connectivity index (χ1) is 8.40. The van der Waals surface area contributed by atoms with Crippen LogP contribution in [0, 0.1) is 25.5 Å². The Bertz CT molecular complexity index is 573. The summed E-state index contributed by atoms with van der Waals surface area (Å²) in [7, 11) is 0. The highest BCUT2D eigenvalue weighted by Crippen LogP contribution is 2.38. The number of rotatable bonds is 2. The van der Waals surface area contributed by atoms with Crippen molar-refractivity contribution in [2.45, 2.75) is 18.7 Å². The molecule has 2 aromatic rings. The minimum atomic E-state index is -0.458. The maximum absolute atomic E-state index is 13.9. The van der Waals surface area contributed by atoms with Gasteiger partial charge >= 0.3 is 0 Å². The summed E-state index contributed by atoms with van der Waals surface area (Å²) in [5.74, 6) is -0.880. The summed E-state index contributed by atoms with van der Waals surface area (Å²) in [5.41, 5.74) is 1.48. The van der Waals surface area contributed by atoms with Gasteiger partial charge in [-0.15, -0.1) is 11.3 Å². The predicted molar refractivity (Wildman–Crippen MR) is 78.6 cm³/mol. The Morgan fingerprint density at radius 2 is 1.78 bits per heavy atom. The smallest absolute Gasteiger partial charge is 0.137 e. The molecular formula is C13H10Br2F2S. The van der Waals surface area contributed by atoms with Crippen LogP contribution < -0.4 is 0 Å². The van der Waals surface area contributed by atoms with E-state index >= 15 is 0 Å². The average molecular weight is 396 g/mol. The van der Waals surface area contributed by atoms with Crippen molar-refractivity contribution in [2.75, 3.05) is 0 Å². The molecule has 1 aromatic heterocycles. The van der Waals surface area contributed by atoms with Crippen LogP contribution in [0.5, 0.6) is 0 Å². The number of benzene rings is 1. The second kappa shape index (κ2) is 5.39. The topological polar surface area (TPSA) is 0 Å². The molecule has 0 aliphatic carbocycles. The van der Waals surface area contributed by atoms with Crippen LogP contribution in [-0.4, -0.2) is 0 Å². The minimum Gasteiger partial charge on any atom is -0.207 e. The lowest BCUT2D eigenvalue weighted by Gasteiger charge is -2.10. The molecule has 0 aliphatic heterocycles. The van der Waals surface area contributed by atoms with Gasteiger partial charge in [-0.3, -0.25) is 0 Å². The van der Waals surface area contributed by atoms with Gasteiger partial charge in [0, 0.05) is 15.3 Å². The van der Waals surface area contributed by atoms with E-state index in [1.54, 1.807) is 11.3 Å². The van der Waals surface area contributed by atoms with Crippen molar-refractivity contribution in [3.63, 3.8) is 0 Å². The summed E-state index contributed by atoms with van der Waals surface area (Å²) in [6.07, 6.45) is 0. The van der Waals surface area contributed by atoms with E-state index in [9.17, 15) is 8.78 Å². The number of thiophene rings is 1. The number of aryl methyl sites for hydroxylation is 2. The molecule has 0 fully saturated rings. The third kappa shape index (κ3) is 2.68. The first-order valence-corrected chi connectivity index (χ1v) is 7.78. The summed E-state index contributed by atoms with van der Waals surface area (Å²) >= 11 is 8.00. The minimum absolute atomic E-state index is 0.141. The molecule has 0 N–H and O–H groups in total. The van der Waals surface area contributed by atoms with E-state index in [4.69, 9.17) is 0 Å². The van der Waals surface area contributed by atoms with Crippen LogP contribution in [0.4, 0.5) is 8.78 Å². The van der Waals surface area contributed by atoms with Gasteiger partial charge in [0.15, 0.2) is 0 Å². The standard InChI is InChI=1S/C13H10Br2F2S/c1-6-3-12(18-7(6)2)13(15)8-4-11(17)9(14)5-10(8)16/h3-5,13H,1-2H3. The quantitative estimate of drug-likeness (QED) is 0.439. The third-order valence-electron chi connectivity index (χ3n) is 2.75. The highest BCUT2D eigenvalue weighted by molar-refractivity contribution is 9.10. The fraction of sp³-hybridized carbons (Fsp3) is 0.231. The van der Waals surface area contributed by atoms with Gasteiger partial charge in [-0.1, -0.05) is 15.9 Å². The Morgan fingerprint density at radius 1 is 1.11 bits per heavy atom. The van der Waals surface area contributed by atoms with Crippen molar-refractivity contribution in [2.24, 2.45) is 0 Å². The molecule has 1 heterocycles. The molecule has 0 radical (unpaired) electrons. The van der Waals surface area contributed by atoms with Gasteiger partial charge in [-0.05, 0) is 53.5 Å². The predicted octanol–water partition coefficient (Wildman–Crippen LogP) is 5.89. The van der Waals surface area contributed by atoms with Gasteiger partial charge in [0.1, 0.15) is 11.6 Å². The Hall–Kier alpha value is -0.260. The molecule has 0 saturated carbocycles. The average Bonchev–Trinajstić information content (AvgIpc) is 2.63. The SMILES string of the molecule is Cc1cc(C(Br)c2cc(F)c(Br)cc2F)sc1C. The van der Waals surface area contributed by atoms with Crippen molar-refractivity contribution in [3.05, 3.63) is 55.2 Å². The molecule has 0 aliphatic rings. The van der Waals surface area contributed by atoms with Crippen LogP contribution in [0.2, 0.25) is 0 Å². The number of hydrogen-bond acceptors (Lipinski definition) is 1. The van der Waals surface area contributed by atoms with Gasteiger partial charge in [0.05, 0.1) is 9.30 Å². The Balaban J connectivity index is 2.45. The van der Waals surface area contributed by atoms with Gasteiger partial charge in [0.25, 0.3) is 0 Å². The van der Waals surface area contributed by atoms with Crippen LogP contribution >= 0.6 is 43.2 Å². The first-order valence-electron chi connectivity index (χ1n) is 5.25. The van der Waals surface area contributed by atoms with Crippen molar-refractivity contribution in [1.82, 2.24) is 0 Å². The van der Waals surface area contributed by atoms with Crippen molar-refractivity contribution in [1.29, 1.82) is 0 Å². The number of halogens is 4. The second-order valence-electron chi connectivity index (χ2n) is 4.04. The molecule has 1 aromatic carbocycles. The third-order valence-corrected chi connectivity index (χ3v) is 5.86. The van der Waals surface area contributed by atoms with Crippen LogP contribution in [0.15, 0.2) is 22.7 Å². The van der Waals surface area contributed by atoms with E-state index in [0.717, 1.165) is 16.5 Å². The second-order valence-corrected chi connectivity index (χ2v) is 7.10.